The number of hydrogen-bond donors (Lipinski definition) is 1. The number of anilines is 1. The fraction of sp³-hybridized carbons (Fsp3) is 0.588. The van der Waals surface area contributed by atoms with Gasteiger partial charge in [0, 0.05) is 0 Å². The quantitative estimate of drug-likeness (QED) is 0.861. The van der Waals surface area contributed by atoms with E-state index in [1.54, 1.807) is 7.11 Å². The molecule has 4 heteroatoms. The summed E-state index contributed by atoms with van der Waals surface area (Å²) in [6, 6.07) is 7.67. The number of carbonyl (C=O) groups is 1. The van der Waals surface area contributed by atoms with Gasteiger partial charge in [-0.3, -0.25) is 0 Å². The first kappa shape index (κ1) is 15.7. The number of esters is 1. The van der Waals surface area contributed by atoms with Crippen LogP contribution in [0.3, 0.4) is 0 Å². The lowest BCUT2D eigenvalue weighted by Gasteiger charge is -2.42. The van der Waals surface area contributed by atoms with Gasteiger partial charge >= 0.3 is 5.97 Å². The van der Waals surface area contributed by atoms with Crippen molar-refractivity contribution in [2.75, 3.05) is 19.5 Å². The van der Waals surface area contributed by atoms with E-state index in [4.69, 9.17) is 9.47 Å². The first-order chi connectivity index (χ1) is 9.92. The Labute approximate surface area is 126 Å². The van der Waals surface area contributed by atoms with Crippen LogP contribution >= 0.6 is 0 Å². The number of carbonyl (C=O) groups excluding carboxylic acids is 1. The van der Waals surface area contributed by atoms with Gasteiger partial charge in [-0.2, -0.15) is 0 Å². The molecule has 0 bridgehead atoms. The maximum atomic E-state index is 12.4. The molecule has 0 aromatic heterocycles. The van der Waals surface area contributed by atoms with Crippen molar-refractivity contribution >= 4 is 11.7 Å². The summed E-state index contributed by atoms with van der Waals surface area (Å²) in [5.41, 5.74) is 0.462. The highest BCUT2D eigenvalue weighted by atomic mass is 16.5. The molecule has 4 nitrogen and oxygen atoms in total. The second kappa shape index (κ2) is 5.96. The van der Waals surface area contributed by atoms with Gasteiger partial charge in [-0.1, -0.05) is 26.0 Å². The Bertz CT molecular complexity index is 501. The van der Waals surface area contributed by atoms with E-state index in [1.165, 1.54) is 7.11 Å². The van der Waals surface area contributed by atoms with E-state index in [0.717, 1.165) is 37.1 Å². The third-order valence-corrected chi connectivity index (χ3v) is 4.51. The topological polar surface area (TPSA) is 47.6 Å². The van der Waals surface area contributed by atoms with Crippen molar-refractivity contribution in [2.24, 2.45) is 5.41 Å². The van der Waals surface area contributed by atoms with E-state index < -0.39 is 5.54 Å². The molecule has 1 saturated carbocycles. The lowest BCUT2D eigenvalue weighted by molar-refractivity contribution is -0.148. The zero-order valence-electron chi connectivity index (χ0n) is 13.4. The van der Waals surface area contributed by atoms with Crippen LogP contribution in [0, 0.1) is 5.41 Å². The Hall–Kier alpha value is -1.71. The Morgan fingerprint density at radius 2 is 1.71 bits per heavy atom. The van der Waals surface area contributed by atoms with E-state index in [2.05, 4.69) is 19.2 Å². The molecule has 0 aliphatic heterocycles. The summed E-state index contributed by atoms with van der Waals surface area (Å²) in [5, 5.41) is 3.40. The Kier molecular flexibility index (Phi) is 4.45. The summed E-state index contributed by atoms with van der Waals surface area (Å²) in [6.45, 7) is 4.49. The monoisotopic (exact) mass is 291 g/mol. The van der Waals surface area contributed by atoms with Crippen LogP contribution in [-0.2, 0) is 9.53 Å². The first-order valence-corrected chi connectivity index (χ1v) is 7.42. The molecule has 1 aliphatic rings. The summed E-state index contributed by atoms with van der Waals surface area (Å²) >= 11 is 0. The molecule has 0 radical (unpaired) electrons. The van der Waals surface area contributed by atoms with Gasteiger partial charge < -0.3 is 14.8 Å². The molecular weight excluding hydrogens is 266 g/mol. The minimum absolute atomic E-state index is 0.191. The van der Waals surface area contributed by atoms with Crippen LogP contribution in [0.2, 0.25) is 0 Å². The molecule has 0 amide bonds. The van der Waals surface area contributed by atoms with Crippen LogP contribution in [0.4, 0.5) is 5.69 Å². The van der Waals surface area contributed by atoms with Crippen LogP contribution in [-0.4, -0.2) is 25.7 Å². The fourth-order valence-corrected chi connectivity index (χ4v) is 2.93. The first-order valence-electron chi connectivity index (χ1n) is 7.42. The number of ether oxygens (including phenoxy) is 2. The average Bonchev–Trinajstić information content (AvgIpc) is 2.49. The molecule has 0 atom stereocenters. The molecule has 0 unspecified atom stereocenters. The maximum absolute atomic E-state index is 12.4. The van der Waals surface area contributed by atoms with Gasteiger partial charge in [0.2, 0.25) is 0 Å². The molecule has 0 saturated heterocycles. The number of benzene rings is 1. The number of nitrogens with one attached hydrogen (secondary N) is 1. The second-order valence-corrected chi connectivity index (χ2v) is 6.56. The SMILES string of the molecule is COC(=O)C1(Nc2ccccc2OC)CCC(C)(C)CC1. The molecule has 1 aromatic rings. The molecule has 0 heterocycles. The molecule has 2 rings (SSSR count). The third kappa shape index (κ3) is 3.31. The van der Waals surface area contributed by atoms with E-state index in [9.17, 15) is 4.79 Å². The largest absolute Gasteiger partial charge is 0.495 e. The van der Waals surface area contributed by atoms with Crippen LogP contribution in [0.25, 0.3) is 0 Å². The summed E-state index contributed by atoms with van der Waals surface area (Å²) < 4.78 is 10.4. The number of methoxy groups -OCH3 is 2. The zero-order chi connectivity index (χ0) is 15.5. The van der Waals surface area contributed by atoms with Crippen molar-refractivity contribution in [3.05, 3.63) is 24.3 Å². The van der Waals surface area contributed by atoms with Crippen molar-refractivity contribution in [1.82, 2.24) is 0 Å². The molecule has 1 aromatic carbocycles. The predicted molar refractivity (Wildman–Crippen MR) is 83.6 cm³/mol. The van der Waals surface area contributed by atoms with Crippen LogP contribution in [0.15, 0.2) is 24.3 Å². The molecule has 1 fully saturated rings. The number of para-hydroxylation sites is 2. The predicted octanol–water partition coefficient (Wildman–Crippen LogP) is 3.62. The van der Waals surface area contributed by atoms with E-state index >= 15 is 0 Å². The Morgan fingerprint density at radius 1 is 1.10 bits per heavy atom. The summed E-state index contributed by atoms with van der Waals surface area (Å²) in [5.74, 6) is 0.550. The molecule has 0 spiro atoms. The van der Waals surface area contributed by atoms with E-state index in [0.29, 0.717) is 0 Å². The Balaban J connectivity index is 2.28. The lowest BCUT2D eigenvalue weighted by Crippen LogP contribution is -2.51. The van der Waals surface area contributed by atoms with Gasteiger partial charge in [0.1, 0.15) is 11.3 Å². The van der Waals surface area contributed by atoms with Gasteiger partial charge in [0.05, 0.1) is 19.9 Å². The fourth-order valence-electron chi connectivity index (χ4n) is 2.93. The smallest absolute Gasteiger partial charge is 0.331 e. The second-order valence-electron chi connectivity index (χ2n) is 6.56. The van der Waals surface area contributed by atoms with E-state index in [-0.39, 0.29) is 11.4 Å². The van der Waals surface area contributed by atoms with Crippen molar-refractivity contribution in [3.63, 3.8) is 0 Å². The number of rotatable bonds is 4. The normalized spacial score (nSPS) is 19.6. The van der Waals surface area contributed by atoms with Gasteiger partial charge in [-0.05, 0) is 43.2 Å². The molecule has 1 N–H and O–H groups in total. The van der Waals surface area contributed by atoms with Crippen LogP contribution in [0.1, 0.15) is 39.5 Å². The van der Waals surface area contributed by atoms with Crippen molar-refractivity contribution in [1.29, 1.82) is 0 Å². The minimum Gasteiger partial charge on any atom is -0.495 e. The highest BCUT2D eigenvalue weighted by Gasteiger charge is 2.45. The average molecular weight is 291 g/mol. The van der Waals surface area contributed by atoms with Crippen molar-refractivity contribution < 1.29 is 14.3 Å². The lowest BCUT2D eigenvalue weighted by atomic mass is 9.69. The van der Waals surface area contributed by atoms with Gasteiger partial charge in [-0.15, -0.1) is 0 Å². The molecular formula is C17H25NO3. The van der Waals surface area contributed by atoms with Crippen LogP contribution < -0.4 is 10.1 Å². The van der Waals surface area contributed by atoms with Gasteiger partial charge in [-0.25, -0.2) is 4.79 Å². The van der Waals surface area contributed by atoms with E-state index in [1.807, 2.05) is 24.3 Å². The molecule has 21 heavy (non-hydrogen) atoms. The third-order valence-electron chi connectivity index (χ3n) is 4.51. The summed E-state index contributed by atoms with van der Waals surface area (Å²) in [7, 11) is 3.09. The highest BCUT2D eigenvalue weighted by Crippen LogP contribution is 2.43. The standard InChI is InChI=1S/C17H25NO3/c1-16(2)9-11-17(12-10-16,15(19)21-4)18-13-7-5-6-8-14(13)20-3/h5-8,18H,9-12H2,1-4H3. The van der Waals surface area contributed by atoms with Crippen molar-refractivity contribution in [3.8, 4) is 5.75 Å². The molecule has 1 aliphatic carbocycles. The van der Waals surface area contributed by atoms with Crippen LogP contribution in [0.5, 0.6) is 5.75 Å². The Morgan fingerprint density at radius 3 is 2.29 bits per heavy atom. The maximum Gasteiger partial charge on any atom is 0.331 e. The van der Waals surface area contributed by atoms with Gasteiger partial charge in [0.15, 0.2) is 0 Å². The minimum atomic E-state index is -0.654. The highest BCUT2D eigenvalue weighted by molar-refractivity contribution is 5.85. The molecule has 116 valence electrons. The number of hydrogen-bond acceptors (Lipinski definition) is 4. The van der Waals surface area contributed by atoms with Gasteiger partial charge in [0.25, 0.3) is 0 Å². The van der Waals surface area contributed by atoms with Crippen molar-refractivity contribution in [2.45, 2.75) is 45.1 Å². The zero-order valence-corrected chi connectivity index (χ0v) is 13.4. The summed E-state index contributed by atoms with van der Waals surface area (Å²) in [6.07, 6.45) is 3.52. The summed E-state index contributed by atoms with van der Waals surface area (Å²) in [4.78, 5) is 12.4.